The molecule has 1 aliphatic heterocycles. The van der Waals surface area contributed by atoms with Gasteiger partial charge in [0.05, 0.1) is 5.56 Å². The van der Waals surface area contributed by atoms with E-state index in [4.69, 9.17) is 0 Å². The van der Waals surface area contributed by atoms with Crippen LogP contribution in [0.15, 0.2) is 42.6 Å². The number of carbonyl (C=O) groups is 1. The van der Waals surface area contributed by atoms with E-state index in [1.165, 1.54) is 18.5 Å². The molecule has 1 unspecified atom stereocenters. The summed E-state index contributed by atoms with van der Waals surface area (Å²) in [4.78, 5) is 18.9. The van der Waals surface area contributed by atoms with Gasteiger partial charge in [-0.05, 0) is 68.5 Å². The fourth-order valence-corrected chi connectivity index (χ4v) is 3.18. The van der Waals surface area contributed by atoms with Crippen molar-refractivity contribution < 1.29 is 4.79 Å². The van der Waals surface area contributed by atoms with Crippen LogP contribution in [0.1, 0.15) is 50.4 Å². The number of nitrogens with zero attached hydrogens (tertiary/aromatic N) is 2. The molecule has 2 N–H and O–H groups in total. The van der Waals surface area contributed by atoms with Gasteiger partial charge in [0, 0.05) is 36.7 Å². The summed E-state index contributed by atoms with van der Waals surface area (Å²) in [6.45, 7) is 8.64. The first-order chi connectivity index (χ1) is 13.0. The third-order valence-corrected chi connectivity index (χ3v) is 5.30. The first-order valence-electron chi connectivity index (χ1n) is 9.94. The smallest absolute Gasteiger partial charge is 0.253 e. The minimum absolute atomic E-state index is 0.0800. The van der Waals surface area contributed by atoms with Crippen LogP contribution in [0.3, 0.4) is 0 Å². The van der Waals surface area contributed by atoms with Gasteiger partial charge in [-0.2, -0.15) is 0 Å². The summed E-state index contributed by atoms with van der Waals surface area (Å²) in [7, 11) is 0. The normalized spacial score (nSPS) is 16.0. The number of rotatable bonds is 6. The molecule has 3 rings (SSSR count). The lowest BCUT2D eigenvalue weighted by molar-refractivity contribution is 0.0939. The van der Waals surface area contributed by atoms with E-state index in [-0.39, 0.29) is 11.9 Å². The maximum Gasteiger partial charge on any atom is 0.253 e. The number of hydrogen-bond acceptors (Lipinski definition) is 4. The summed E-state index contributed by atoms with van der Waals surface area (Å²) >= 11 is 0. The molecule has 1 aliphatic rings. The summed E-state index contributed by atoms with van der Waals surface area (Å²) < 4.78 is 0. The summed E-state index contributed by atoms with van der Waals surface area (Å²) in [5.41, 5.74) is 2.85. The molecule has 5 nitrogen and oxygen atoms in total. The Morgan fingerprint density at radius 1 is 1.19 bits per heavy atom. The first-order valence-corrected chi connectivity index (χ1v) is 9.94. The van der Waals surface area contributed by atoms with Gasteiger partial charge in [-0.25, -0.2) is 4.98 Å². The summed E-state index contributed by atoms with van der Waals surface area (Å²) in [5, 5.41) is 6.25. The fourth-order valence-electron chi connectivity index (χ4n) is 3.18. The molecule has 1 atom stereocenters. The molecular weight excluding hydrogens is 336 g/mol. The molecule has 0 bridgehead atoms. The van der Waals surface area contributed by atoms with Crippen LogP contribution in [0.25, 0.3) is 0 Å². The average Bonchev–Trinajstić information content (AvgIpc) is 2.69. The van der Waals surface area contributed by atoms with Gasteiger partial charge in [-0.3, -0.25) is 4.79 Å². The topological polar surface area (TPSA) is 57.3 Å². The lowest BCUT2D eigenvalue weighted by Gasteiger charge is -2.32. The van der Waals surface area contributed by atoms with E-state index >= 15 is 0 Å². The van der Waals surface area contributed by atoms with Crippen LogP contribution < -0.4 is 15.5 Å². The summed E-state index contributed by atoms with van der Waals surface area (Å²) in [5.74, 6) is 1.49. The van der Waals surface area contributed by atoms with Gasteiger partial charge in [0.1, 0.15) is 5.82 Å². The lowest BCUT2D eigenvalue weighted by Crippen LogP contribution is -2.32. The zero-order valence-corrected chi connectivity index (χ0v) is 16.5. The molecule has 2 heterocycles. The molecule has 1 saturated heterocycles. The summed E-state index contributed by atoms with van der Waals surface area (Å²) in [6, 6.07) is 12.3. The number of pyridine rings is 1. The zero-order chi connectivity index (χ0) is 19.2. The molecule has 5 heteroatoms. The molecule has 0 spiro atoms. The Morgan fingerprint density at radius 2 is 1.89 bits per heavy atom. The Kier molecular flexibility index (Phi) is 6.32. The quantitative estimate of drug-likeness (QED) is 0.785. The molecular formula is C22H30N4O. The molecule has 0 radical (unpaired) electrons. The number of hydrogen-bond donors (Lipinski definition) is 2. The van der Waals surface area contributed by atoms with Crippen LogP contribution in [0.5, 0.6) is 0 Å². The largest absolute Gasteiger partial charge is 0.372 e. The molecule has 1 fully saturated rings. The molecule has 27 heavy (non-hydrogen) atoms. The number of piperidine rings is 1. The third kappa shape index (κ3) is 5.22. The maximum atomic E-state index is 12.1. The van der Waals surface area contributed by atoms with Crippen LogP contribution >= 0.6 is 0 Å². The van der Waals surface area contributed by atoms with Crippen molar-refractivity contribution in [2.24, 2.45) is 5.92 Å². The highest BCUT2D eigenvalue weighted by Crippen LogP contribution is 2.25. The van der Waals surface area contributed by atoms with Crippen LogP contribution in [0.2, 0.25) is 0 Å². The van der Waals surface area contributed by atoms with Crippen LogP contribution in [0.4, 0.5) is 17.2 Å². The van der Waals surface area contributed by atoms with Crippen molar-refractivity contribution in [2.45, 2.75) is 46.1 Å². The lowest BCUT2D eigenvalue weighted by atomic mass is 9.99. The van der Waals surface area contributed by atoms with Gasteiger partial charge in [-0.1, -0.05) is 13.8 Å². The Bertz CT molecular complexity index is 734. The molecule has 144 valence electrons. The van der Waals surface area contributed by atoms with Crippen LogP contribution in [-0.2, 0) is 0 Å². The number of aromatic nitrogens is 1. The first kappa shape index (κ1) is 19.2. The van der Waals surface area contributed by atoms with E-state index in [1.54, 1.807) is 12.3 Å². The van der Waals surface area contributed by atoms with Gasteiger partial charge in [-0.15, -0.1) is 0 Å². The van der Waals surface area contributed by atoms with Crippen molar-refractivity contribution >= 4 is 23.1 Å². The maximum absolute atomic E-state index is 12.1. The third-order valence-electron chi connectivity index (χ3n) is 5.30. The zero-order valence-electron chi connectivity index (χ0n) is 16.5. The molecule has 2 aromatic rings. The second-order valence-corrected chi connectivity index (χ2v) is 7.56. The predicted molar refractivity (Wildman–Crippen MR) is 112 cm³/mol. The van der Waals surface area contributed by atoms with E-state index in [0.717, 1.165) is 36.9 Å². The number of carbonyl (C=O) groups excluding carboxylic acids is 1. The van der Waals surface area contributed by atoms with E-state index in [1.807, 2.05) is 19.9 Å². The molecule has 1 amide bonds. The molecule has 1 aromatic heterocycles. The van der Waals surface area contributed by atoms with Gasteiger partial charge in [0.2, 0.25) is 0 Å². The highest BCUT2D eigenvalue weighted by Gasteiger charge is 2.15. The number of anilines is 3. The van der Waals surface area contributed by atoms with E-state index < -0.39 is 0 Å². The number of nitrogens with one attached hydrogen (secondary N) is 2. The minimum Gasteiger partial charge on any atom is -0.372 e. The monoisotopic (exact) mass is 366 g/mol. The molecule has 1 aromatic carbocycles. The van der Waals surface area contributed by atoms with Gasteiger partial charge in [0.15, 0.2) is 0 Å². The standard InChI is InChI=1S/C22H30N4O/c1-4-17(3)24-22(27)18-5-10-21(23-15-18)25-19-6-8-20(9-7-19)26-13-11-16(2)12-14-26/h5-10,15-17H,4,11-14H2,1-3H3,(H,23,25)(H,24,27). The minimum atomic E-state index is -0.0800. The van der Waals surface area contributed by atoms with Crippen molar-refractivity contribution in [2.75, 3.05) is 23.3 Å². The number of amides is 1. The van der Waals surface area contributed by atoms with Crippen LogP contribution in [-0.4, -0.2) is 30.0 Å². The van der Waals surface area contributed by atoms with Crippen LogP contribution in [0, 0.1) is 5.92 Å². The van der Waals surface area contributed by atoms with Crippen molar-refractivity contribution in [3.8, 4) is 0 Å². The predicted octanol–water partition coefficient (Wildman–Crippen LogP) is 4.59. The molecule has 0 saturated carbocycles. The van der Waals surface area contributed by atoms with Gasteiger partial charge >= 0.3 is 0 Å². The highest BCUT2D eigenvalue weighted by atomic mass is 16.1. The van der Waals surface area contributed by atoms with E-state index in [0.29, 0.717) is 5.56 Å². The highest BCUT2D eigenvalue weighted by molar-refractivity contribution is 5.94. The van der Waals surface area contributed by atoms with Crippen molar-refractivity contribution in [3.05, 3.63) is 48.2 Å². The van der Waals surface area contributed by atoms with Crippen molar-refractivity contribution in [1.29, 1.82) is 0 Å². The molecule has 0 aliphatic carbocycles. The second kappa shape index (κ2) is 8.89. The second-order valence-electron chi connectivity index (χ2n) is 7.56. The Morgan fingerprint density at radius 3 is 2.48 bits per heavy atom. The van der Waals surface area contributed by atoms with Crippen molar-refractivity contribution in [3.63, 3.8) is 0 Å². The van der Waals surface area contributed by atoms with Crippen molar-refractivity contribution in [1.82, 2.24) is 10.3 Å². The number of benzene rings is 1. The van der Waals surface area contributed by atoms with E-state index in [2.05, 4.69) is 51.7 Å². The Hall–Kier alpha value is -2.56. The SMILES string of the molecule is CCC(C)NC(=O)c1ccc(Nc2ccc(N3CCC(C)CC3)cc2)nc1. The average molecular weight is 367 g/mol. The Balaban J connectivity index is 1.58. The Labute approximate surface area is 162 Å². The van der Waals surface area contributed by atoms with E-state index in [9.17, 15) is 4.79 Å². The summed E-state index contributed by atoms with van der Waals surface area (Å²) in [6.07, 6.45) is 5.05. The van der Waals surface area contributed by atoms with Gasteiger partial charge < -0.3 is 15.5 Å². The fraction of sp³-hybridized carbons (Fsp3) is 0.455. The van der Waals surface area contributed by atoms with Gasteiger partial charge in [0.25, 0.3) is 5.91 Å².